The average Bonchev–Trinajstić information content (AvgIpc) is 3.65. The van der Waals surface area contributed by atoms with Gasteiger partial charge >= 0.3 is 0 Å². The summed E-state index contributed by atoms with van der Waals surface area (Å²) >= 11 is 0. The summed E-state index contributed by atoms with van der Waals surface area (Å²) in [7, 11) is 1.56. The van der Waals surface area contributed by atoms with E-state index in [9.17, 15) is 9.59 Å². The van der Waals surface area contributed by atoms with E-state index in [-0.39, 0.29) is 18.1 Å². The third-order valence-electron chi connectivity index (χ3n) is 8.42. The molecule has 0 bridgehead atoms. The van der Waals surface area contributed by atoms with Crippen molar-refractivity contribution in [1.82, 2.24) is 15.5 Å². The van der Waals surface area contributed by atoms with Gasteiger partial charge in [-0.3, -0.25) is 9.69 Å². The van der Waals surface area contributed by atoms with Crippen molar-refractivity contribution >= 4 is 28.5 Å². The first-order chi connectivity index (χ1) is 20.0. The van der Waals surface area contributed by atoms with Crippen LogP contribution in [0.5, 0.6) is 0 Å². The second-order valence-electron chi connectivity index (χ2n) is 11.0. The monoisotopic (exact) mass is 562 g/mol. The summed E-state index contributed by atoms with van der Waals surface area (Å²) in [4.78, 5) is 30.7. The third-order valence-corrected chi connectivity index (χ3v) is 8.42. The summed E-state index contributed by atoms with van der Waals surface area (Å²) in [6, 6.07) is 4.51. The first kappa shape index (κ1) is 29.0. The molecule has 1 amide bonds. The number of hydrogen-bond donors (Lipinski definition) is 2. The number of likely N-dealkylation sites (tertiary alicyclic amines) is 1. The highest BCUT2D eigenvalue weighted by atomic mass is 16.5. The second kappa shape index (κ2) is 13.0. The Morgan fingerprint density at radius 1 is 1.22 bits per heavy atom. The summed E-state index contributed by atoms with van der Waals surface area (Å²) < 4.78 is 17.6. The molecule has 5 rings (SSSR count). The van der Waals surface area contributed by atoms with Crippen LogP contribution < -0.4 is 15.5 Å². The van der Waals surface area contributed by atoms with Crippen LogP contribution in [0, 0.1) is 0 Å². The molecule has 1 aromatic heterocycles. The Kier molecular flexibility index (Phi) is 9.18. The van der Waals surface area contributed by atoms with E-state index in [1.54, 1.807) is 7.11 Å². The molecule has 0 atom stereocenters. The smallest absolute Gasteiger partial charge is 0.252 e. The van der Waals surface area contributed by atoms with Crippen molar-refractivity contribution in [2.75, 3.05) is 51.4 Å². The zero-order valence-corrected chi connectivity index (χ0v) is 24.7. The minimum Gasteiger partial charge on any atom is -0.496 e. The van der Waals surface area contributed by atoms with Crippen molar-refractivity contribution in [1.29, 1.82) is 0 Å². The van der Waals surface area contributed by atoms with Crippen LogP contribution >= 0.6 is 0 Å². The molecule has 220 valence electrons. The van der Waals surface area contributed by atoms with E-state index < -0.39 is 0 Å². The molecule has 2 aromatic rings. The fourth-order valence-corrected chi connectivity index (χ4v) is 6.41. The number of hydrogen-bond acceptors (Lipinski definition) is 8. The fraction of sp³-hybridized carbons (Fsp3) is 0.531. The van der Waals surface area contributed by atoms with Gasteiger partial charge < -0.3 is 29.4 Å². The quantitative estimate of drug-likeness (QED) is 0.410. The minimum absolute atomic E-state index is 0.119. The summed E-state index contributed by atoms with van der Waals surface area (Å²) in [6.45, 7) is 11.4. The van der Waals surface area contributed by atoms with Gasteiger partial charge in [0.15, 0.2) is 5.94 Å². The van der Waals surface area contributed by atoms with Crippen LogP contribution in [-0.4, -0.2) is 69.3 Å². The summed E-state index contributed by atoms with van der Waals surface area (Å²) in [6.07, 6.45) is 6.80. The minimum atomic E-state index is -0.204. The van der Waals surface area contributed by atoms with Crippen molar-refractivity contribution in [2.24, 2.45) is 0 Å². The highest BCUT2D eigenvalue weighted by molar-refractivity contribution is 6.09. The van der Waals surface area contributed by atoms with Gasteiger partial charge in [-0.05, 0) is 76.7 Å². The lowest BCUT2D eigenvalue weighted by Crippen LogP contribution is -2.40. The molecular formula is C32H42N4O5. The predicted octanol–water partition coefficient (Wildman–Crippen LogP) is 4.45. The van der Waals surface area contributed by atoms with Gasteiger partial charge in [-0.1, -0.05) is 6.92 Å². The van der Waals surface area contributed by atoms with Crippen LogP contribution in [0.15, 0.2) is 45.4 Å². The maximum absolute atomic E-state index is 14.1. The molecule has 9 nitrogen and oxygen atoms in total. The number of fused-ring (bicyclic) bond motifs is 1. The number of nitrogens with zero attached hydrogens (tertiary/aromatic N) is 2. The summed E-state index contributed by atoms with van der Waals surface area (Å²) in [5.74, 6) is 3.16. The van der Waals surface area contributed by atoms with Gasteiger partial charge in [0.05, 0.1) is 19.2 Å². The zero-order valence-electron chi connectivity index (χ0n) is 24.7. The lowest BCUT2D eigenvalue weighted by atomic mass is 9.95. The Hall–Kier alpha value is -3.52. The van der Waals surface area contributed by atoms with Gasteiger partial charge in [0, 0.05) is 60.8 Å². The van der Waals surface area contributed by atoms with Crippen LogP contribution in [0.4, 0.5) is 5.69 Å². The number of furan rings is 1. The maximum Gasteiger partial charge on any atom is 0.252 e. The molecule has 4 heterocycles. The van der Waals surface area contributed by atoms with E-state index in [2.05, 4.69) is 40.3 Å². The molecule has 0 aliphatic carbocycles. The molecule has 9 heteroatoms. The summed E-state index contributed by atoms with van der Waals surface area (Å²) in [5, 5.41) is 6.94. The van der Waals surface area contributed by atoms with Gasteiger partial charge in [-0.2, -0.15) is 0 Å². The number of carbonyl (C=O) groups excluding carboxylic acids is 2. The van der Waals surface area contributed by atoms with E-state index in [0.29, 0.717) is 29.4 Å². The SMILES string of the molecule is CCc1c(N(CC)C2CCOCC2)cc2oc(CN3CCCC3)cc2c1C(=O)NCC1=C(OC)C=C(C)NC1=C=O. The predicted molar refractivity (Wildman–Crippen MR) is 159 cm³/mol. The van der Waals surface area contributed by atoms with Crippen LogP contribution in [-0.2, 0) is 27.2 Å². The maximum atomic E-state index is 14.1. The summed E-state index contributed by atoms with van der Waals surface area (Å²) in [5.41, 5.74) is 5.01. The number of rotatable bonds is 10. The number of nitrogens with one attached hydrogen (secondary N) is 2. The van der Waals surface area contributed by atoms with E-state index in [4.69, 9.17) is 13.9 Å². The van der Waals surface area contributed by atoms with Crippen LogP contribution in [0.25, 0.3) is 11.0 Å². The number of ether oxygens (including phenoxy) is 2. The standard InChI is InChI=1S/C32H42N4O5/c1-5-24-28(36(6-2)22-9-13-40-14-10-22)17-30-25(16-23(41-30)19-35-11-7-8-12-35)31(24)32(38)33-18-26-27(20-37)34-21(3)15-29(26)39-4/h15-17,22,34H,5-14,18-19H2,1-4H3,(H,33,38). The number of dihydropyridines is 1. The van der Waals surface area contributed by atoms with Crippen molar-refractivity contribution in [3.63, 3.8) is 0 Å². The Morgan fingerprint density at radius 2 is 1.98 bits per heavy atom. The van der Waals surface area contributed by atoms with Gasteiger partial charge in [0.1, 0.15) is 22.8 Å². The molecular weight excluding hydrogens is 520 g/mol. The molecule has 2 saturated heterocycles. The largest absolute Gasteiger partial charge is 0.496 e. The lowest BCUT2D eigenvalue weighted by molar-refractivity contribution is 0.0845. The normalized spacial score (nSPS) is 18.3. The Bertz CT molecular complexity index is 1390. The van der Waals surface area contributed by atoms with E-state index in [1.807, 2.05) is 25.0 Å². The Labute approximate surface area is 242 Å². The second-order valence-corrected chi connectivity index (χ2v) is 11.0. The molecule has 0 radical (unpaired) electrons. The van der Waals surface area contributed by atoms with Crippen LogP contribution in [0.1, 0.15) is 68.1 Å². The van der Waals surface area contributed by atoms with Gasteiger partial charge in [0.25, 0.3) is 5.91 Å². The Morgan fingerprint density at radius 3 is 2.63 bits per heavy atom. The van der Waals surface area contributed by atoms with Crippen molar-refractivity contribution in [3.8, 4) is 0 Å². The first-order valence-electron chi connectivity index (χ1n) is 14.9. The topological polar surface area (TPSA) is 96.3 Å². The van der Waals surface area contributed by atoms with Gasteiger partial charge in [-0.25, -0.2) is 4.79 Å². The van der Waals surface area contributed by atoms with Crippen LogP contribution in [0.2, 0.25) is 0 Å². The number of benzene rings is 1. The lowest BCUT2D eigenvalue weighted by Gasteiger charge is -2.37. The van der Waals surface area contributed by atoms with Gasteiger partial charge in [-0.15, -0.1) is 0 Å². The van der Waals surface area contributed by atoms with E-state index in [1.165, 1.54) is 12.8 Å². The fourth-order valence-electron chi connectivity index (χ4n) is 6.41. The number of carbonyl (C=O) groups is 1. The first-order valence-corrected chi connectivity index (χ1v) is 14.9. The molecule has 2 N–H and O–H groups in total. The van der Waals surface area contributed by atoms with E-state index >= 15 is 0 Å². The highest BCUT2D eigenvalue weighted by Crippen LogP contribution is 2.37. The molecule has 1 aromatic carbocycles. The van der Waals surface area contributed by atoms with Gasteiger partial charge in [0.2, 0.25) is 0 Å². The molecule has 0 spiro atoms. The molecule has 41 heavy (non-hydrogen) atoms. The zero-order chi connectivity index (χ0) is 28.9. The Balaban J connectivity index is 1.56. The number of allylic oxidation sites excluding steroid dienone is 2. The molecule has 0 saturated carbocycles. The molecule has 3 aliphatic heterocycles. The highest BCUT2D eigenvalue weighted by Gasteiger charge is 2.29. The van der Waals surface area contributed by atoms with Crippen LogP contribution in [0.3, 0.4) is 0 Å². The number of methoxy groups -OCH3 is 1. The molecule has 0 unspecified atom stereocenters. The number of amides is 1. The molecule has 3 aliphatic rings. The third kappa shape index (κ3) is 6.08. The molecule has 2 fully saturated rings. The van der Waals surface area contributed by atoms with Crippen molar-refractivity contribution in [3.05, 3.63) is 57.8 Å². The van der Waals surface area contributed by atoms with E-state index in [0.717, 1.165) is 85.9 Å². The van der Waals surface area contributed by atoms with Crippen molar-refractivity contribution < 1.29 is 23.5 Å². The number of anilines is 1. The average molecular weight is 563 g/mol. The van der Waals surface area contributed by atoms with Crippen molar-refractivity contribution in [2.45, 2.75) is 65.5 Å².